The van der Waals surface area contributed by atoms with Gasteiger partial charge in [0.2, 0.25) is 0 Å². The molecule has 0 spiro atoms. The van der Waals surface area contributed by atoms with Gasteiger partial charge in [-0.15, -0.1) is 0 Å². The Balaban J connectivity index is 2.18. The number of hydrogen-bond donors (Lipinski definition) is 1. The lowest BCUT2D eigenvalue weighted by Gasteiger charge is -2.12. The van der Waals surface area contributed by atoms with Gasteiger partial charge in [-0.05, 0) is 53.9 Å². The largest absolute Gasteiger partial charge is 0.487 e. The van der Waals surface area contributed by atoms with Gasteiger partial charge in [-0.1, -0.05) is 25.1 Å². The molecule has 2 aromatic rings. The third-order valence-corrected chi connectivity index (χ3v) is 4.36. The highest BCUT2D eigenvalue weighted by Gasteiger charge is 2.14. The number of rotatable bonds is 7. The minimum atomic E-state index is 0.503. The summed E-state index contributed by atoms with van der Waals surface area (Å²) < 4.78 is 9.06. The van der Waals surface area contributed by atoms with Crippen molar-refractivity contribution >= 4 is 15.9 Å². The number of aromatic nitrogens is 2. The number of halogens is 1. The molecule has 114 valence electrons. The van der Waals surface area contributed by atoms with E-state index in [1.54, 1.807) is 0 Å². The standard InChI is InChI=1S/C16H22BrN3O/c1-3-13-16(17)14(20(4-2)19-13)11-21-15-8-6-5-7-12(15)9-10-18/h5-8H,3-4,9-11,18H2,1-2H3. The van der Waals surface area contributed by atoms with Crippen molar-refractivity contribution < 1.29 is 4.74 Å². The van der Waals surface area contributed by atoms with Crippen molar-refractivity contribution in [1.82, 2.24) is 9.78 Å². The number of aryl methyl sites for hydroxylation is 2. The minimum Gasteiger partial charge on any atom is -0.487 e. The van der Waals surface area contributed by atoms with Crippen LogP contribution in [-0.2, 0) is 26.0 Å². The van der Waals surface area contributed by atoms with Gasteiger partial charge in [-0.2, -0.15) is 5.10 Å². The second kappa shape index (κ2) is 7.61. The highest BCUT2D eigenvalue weighted by Crippen LogP contribution is 2.25. The Labute approximate surface area is 134 Å². The molecule has 0 aliphatic carbocycles. The molecule has 0 atom stereocenters. The number of nitrogens with zero attached hydrogens (tertiary/aromatic N) is 2. The average molecular weight is 352 g/mol. The molecule has 2 rings (SSSR count). The first-order chi connectivity index (χ1) is 10.2. The van der Waals surface area contributed by atoms with Gasteiger partial charge in [0.25, 0.3) is 0 Å². The maximum atomic E-state index is 6.01. The van der Waals surface area contributed by atoms with Crippen molar-refractivity contribution in [3.63, 3.8) is 0 Å². The average Bonchev–Trinajstić information content (AvgIpc) is 2.82. The fourth-order valence-electron chi connectivity index (χ4n) is 2.31. The monoisotopic (exact) mass is 351 g/mol. The molecule has 1 aromatic heterocycles. The van der Waals surface area contributed by atoms with Crippen molar-refractivity contribution in [2.45, 2.75) is 39.8 Å². The summed E-state index contributed by atoms with van der Waals surface area (Å²) in [5.74, 6) is 0.900. The zero-order valence-corrected chi connectivity index (χ0v) is 14.2. The minimum absolute atomic E-state index is 0.503. The maximum Gasteiger partial charge on any atom is 0.131 e. The van der Waals surface area contributed by atoms with Gasteiger partial charge < -0.3 is 10.5 Å². The van der Waals surface area contributed by atoms with Crippen molar-refractivity contribution in [3.05, 3.63) is 45.7 Å². The molecule has 0 saturated carbocycles. The lowest BCUT2D eigenvalue weighted by atomic mass is 10.1. The molecular formula is C16H22BrN3O. The first-order valence-electron chi connectivity index (χ1n) is 7.36. The van der Waals surface area contributed by atoms with Crippen molar-refractivity contribution in [1.29, 1.82) is 0 Å². The Bertz CT molecular complexity index is 595. The Morgan fingerprint density at radius 1 is 1.29 bits per heavy atom. The van der Waals surface area contributed by atoms with Crippen LogP contribution in [0.3, 0.4) is 0 Å². The number of para-hydroxylation sites is 1. The van der Waals surface area contributed by atoms with Crippen LogP contribution in [0.1, 0.15) is 30.8 Å². The SMILES string of the molecule is CCc1nn(CC)c(COc2ccccc2CCN)c1Br. The summed E-state index contributed by atoms with van der Waals surface area (Å²) >= 11 is 3.64. The molecule has 0 aliphatic heterocycles. The summed E-state index contributed by atoms with van der Waals surface area (Å²) in [6, 6.07) is 8.05. The van der Waals surface area contributed by atoms with Crippen LogP contribution < -0.4 is 10.5 Å². The lowest BCUT2D eigenvalue weighted by molar-refractivity contribution is 0.289. The lowest BCUT2D eigenvalue weighted by Crippen LogP contribution is -2.09. The summed E-state index contributed by atoms with van der Waals surface area (Å²) in [7, 11) is 0. The molecule has 1 heterocycles. The van der Waals surface area contributed by atoms with Gasteiger partial charge in [0.1, 0.15) is 12.4 Å². The van der Waals surface area contributed by atoms with Crippen molar-refractivity contribution in [3.8, 4) is 5.75 Å². The van der Waals surface area contributed by atoms with E-state index in [2.05, 4.69) is 40.9 Å². The topological polar surface area (TPSA) is 53.1 Å². The molecule has 0 aliphatic rings. The Hall–Kier alpha value is -1.33. The second-order valence-corrected chi connectivity index (χ2v) is 5.60. The fraction of sp³-hybridized carbons (Fsp3) is 0.438. The van der Waals surface area contributed by atoms with E-state index in [-0.39, 0.29) is 0 Å². The van der Waals surface area contributed by atoms with Gasteiger partial charge in [0.05, 0.1) is 15.9 Å². The Kier molecular flexibility index (Phi) is 5.82. The normalized spacial score (nSPS) is 10.9. The van der Waals surface area contributed by atoms with Crippen molar-refractivity contribution in [2.75, 3.05) is 6.54 Å². The molecular weight excluding hydrogens is 330 g/mol. The van der Waals surface area contributed by atoms with E-state index in [4.69, 9.17) is 10.5 Å². The molecule has 0 fully saturated rings. The highest BCUT2D eigenvalue weighted by molar-refractivity contribution is 9.10. The van der Waals surface area contributed by atoms with Gasteiger partial charge in [-0.3, -0.25) is 4.68 Å². The summed E-state index contributed by atoms with van der Waals surface area (Å²) in [6.45, 7) is 6.15. The van der Waals surface area contributed by atoms with Crippen molar-refractivity contribution in [2.24, 2.45) is 5.73 Å². The first kappa shape index (κ1) is 16.0. The fourth-order valence-corrected chi connectivity index (χ4v) is 2.99. The maximum absolute atomic E-state index is 6.01. The molecule has 0 unspecified atom stereocenters. The van der Waals surface area contributed by atoms with Crippen LogP contribution in [-0.4, -0.2) is 16.3 Å². The van der Waals surface area contributed by atoms with Crippen LogP contribution in [0.4, 0.5) is 0 Å². The summed E-state index contributed by atoms with van der Waals surface area (Å²) in [5.41, 5.74) is 8.95. The van der Waals surface area contributed by atoms with Gasteiger partial charge in [0.15, 0.2) is 0 Å². The molecule has 4 nitrogen and oxygen atoms in total. The van der Waals surface area contributed by atoms with Crippen LogP contribution in [0.5, 0.6) is 5.75 Å². The van der Waals surface area contributed by atoms with E-state index in [0.29, 0.717) is 13.2 Å². The molecule has 0 bridgehead atoms. The molecule has 2 N–H and O–H groups in total. The number of hydrogen-bond acceptors (Lipinski definition) is 3. The summed E-state index contributed by atoms with van der Waals surface area (Å²) in [4.78, 5) is 0. The Morgan fingerprint density at radius 2 is 2.05 bits per heavy atom. The number of benzene rings is 1. The van der Waals surface area contributed by atoms with E-state index >= 15 is 0 Å². The van der Waals surface area contributed by atoms with E-state index in [9.17, 15) is 0 Å². The number of nitrogens with two attached hydrogens (primary N) is 1. The Morgan fingerprint density at radius 3 is 2.71 bits per heavy atom. The van der Waals surface area contributed by atoms with E-state index < -0.39 is 0 Å². The smallest absolute Gasteiger partial charge is 0.131 e. The number of ether oxygens (including phenoxy) is 1. The quantitative estimate of drug-likeness (QED) is 0.832. The third kappa shape index (κ3) is 3.66. The zero-order chi connectivity index (χ0) is 15.2. The van der Waals surface area contributed by atoms with Gasteiger partial charge in [-0.25, -0.2) is 0 Å². The van der Waals surface area contributed by atoms with Crippen LogP contribution >= 0.6 is 15.9 Å². The van der Waals surface area contributed by atoms with Crippen LogP contribution in [0.15, 0.2) is 28.7 Å². The summed E-state index contributed by atoms with van der Waals surface area (Å²) in [6.07, 6.45) is 1.73. The molecule has 0 radical (unpaired) electrons. The van der Waals surface area contributed by atoms with E-state index in [1.807, 2.05) is 22.9 Å². The summed E-state index contributed by atoms with van der Waals surface area (Å²) in [5, 5.41) is 4.59. The van der Waals surface area contributed by atoms with E-state index in [0.717, 1.165) is 46.6 Å². The van der Waals surface area contributed by atoms with Gasteiger partial charge >= 0.3 is 0 Å². The van der Waals surface area contributed by atoms with E-state index in [1.165, 1.54) is 0 Å². The molecule has 21 heavy (non-hydrogen) atoms. The predicted molar refractivity (Wildman–Crippen MR) is 88.5 cm³/mol. The zero-order valence-electron chi connectivity index (χ0n) is 12.6. The third-order valence-electron chi connectivity index (χ3n) is 3.44. The molecule has 0 saturated heterocycles. The van der Waals surface area contributed by atoms with Crippen LogP contribution in [0.25, 0.3) is 0 Å². The molecule has 0 amide bonds. The molecule has 1 aromatic carbocycles. The van der Waals surface area contributed by atoms with Crippen LogP contribution in [0.2, 0.25) is 0 Å². The highest BCUT2D eigenvalue weighted by atomic mass is 79.9. The predicted octanol–water partition coefficient (Wildman–Crippen LogP) is 3.31. The van der Waals surface area contributed by atoms with Crippen LogP contribution in [0, 0.1) is 0 Å². The second-order valence-electron chi connectivity index (χ2n) is 4.81. The first-order valence-corrected chi connectivity index (χ1v) is 8.15. The van der Waals surface area contributed by atoms with Gasteiger partial charge in [0, 0.05) is 6.54 Å². The molecule has 5 heteroatoms.